The number of halogens is 3. The predicted octanol–water partition coefficient (Wildman–Crippen LogP) is 4.91. The summed E-state index contributed by atoms with van der Waals surface area (Å²) in [4.78, 5) is 0.733. The minimum Gasteiger partial charge on any atom is -0.494 e. The lowest BCUT2D eigenvalue weighted by Crippen LogP contribution is -2.00. The number of nitrogens with zero attached hydrogens (tertiary/aromatic N) is 2. The fourth-order valence-electron chi connectivity index (χ4n) is 2.33. The fraction of sp³-hybridized carbons (Fsp3) is 0.118. The Morgan fingerprint density at radius 2 is 1.79 bits per heavy atom. The molecule has 0 N–H and O–H groups in total. The molecular formula is C17H13F3N2OS. The zero-order valence-corrected chi connectivity index (χ0v) is 13.5. The van der Waals surface area contributed by atoms with Gasteiger partial charge in [0.25, 0.3) is 6.43 Å². The van der Waals surface area contributed by atoms with E-state index >= 15 is 0 Å². The van der Waals surface area contributed by atoms with Crippen molar-refractivity contribution in [1.82, 2.24) is 9.78 Å². The van der Waals surface area contributed by atoms with Crippen LogP contribution in [0.5, 0.6) is 5.75 Å². The molecule has 0 aliphatic rings. The summed E-state index contributed by atoms with van der Waals surface area (Å²) >= 11 is 4.20. The predicted molar refractivity (Wildman–Crippen MR) is 87.7 cm³/mol. The minimum atomic E-state index is -2.72. The second kappa shape index (κ2) is 6.60. The van der Waals surface area contributed by atoms with E-state index < -0.39 is 12.2 Å². The van der Waals surface area contributed by atoms with Gasteiger partial charge in [-0.3, -0.25) is 0 Å². The number of hydrogen-bond acceptors (Lipinski definition) is 3. The molecule has 7 heteroatoms. The molecule has 0 aliphatic carbocycles. The van der Waals surface area contributed by atoms with Crippen molar-refractivity contribution in [3.63, 3.8) is 0 Å². The van der Waals surface area contributed by atoms with Crippen molar-refractivity contribution in [3.05, 3.63) is 60.0 Å². The molecule has 0 radical (unpaired) electrons. The average Bonchev–Trinajstić information content (AvgIpc) is 3.01. The number of benzene rings is 2. The first-order valence-electron chi connectivity index (χ1n) is 7.01. The molecule has 0 atom stereocenters. The first-order chi connectivity index (χ1) is 11.5. The van der Waals surface area contributed by atoms with Crippen LogP contribution in [0, 0.1) is 5.82 Å². The molecule has 0 aliphatic heterocycles. The maximum Gasteiger partial charge on any atom is 0.282 e. The van der Waals surface area contributed by atoms with Crippen molar-refractivity contribution >= 4 is 12.6 Å². The van der Waals surface area contributed by atoms with Crippen molar-refractivity contribution in [2.75, 3.05) is 7.11 Å². The molecule has 3 rings (SSSR count). The molecule has 0 unspecified atom stereocenters. The van der Waals surface area contributed by atoms with Crippen molar-refractivity contribution in [2.45, 2.75) is 11.3 Å². The molecule has 1 aromatic heterocycles. The van der Waals surface area contributed by atoms with E-state index in [1.165, 1.54) is 30.0 Å². The highest BCUT2D eigenvalue weighted by atomic mass is 32.1. The van der Waals surface area contributed by atoms with Gasteiger partial charge in [-0.25, -0.2) is 17.9 Å². The van der Waals surface area contributed by atoms with E-state index in [9.17, 15) is 13.2 Å². The van der Waals surface area contributed by atoms with Crippen molar-refractivity contribution in [3.8, 4) is 22.7 Å². The number of hydrogen-bond donors (Lipinski definition) is 1. The van der Waals surface area contributed by atoms with Gasteiger partial charge in [0.1, 0.15) is 5.69 Å². The largest absolute Gasteiger partial charge is 0.494 e. The van der Waals surface area contributed by atoms with E-state index in [1.54, 1.807) is 30.3 Å². The number of methoxy groups -OCH3 is 1. The third kappa shape index (κ3) is 3.12. The van der Waals surface area contributed by atoms with E-state index in [0.29, 0.717) is 16.9 Å². The zero-order chi connectivity index (χ0) is 17.3. The molecule has 1 heterocycles. The van der Waals surface area contributed by atoms with Crippen LogP contribution in [0.4, 0.5) is 13.2 Å². The molecule has 124 valence electrons. The summed E-state index contributed by atoms with van der Waals surface area (Å²) in [7, 11) is 1.36. The molecular weight excluding hydrogens is 337 g/mol. The molecule has 0 bridgehead atoms. The van der Waals surface area contributed by atoms with Crippen LogP contribution >= 0.6 is 12.6 Å². The van der Waals surface area contributed by atoms with Gasteiger partial charge in [0.05, 0.1) is 18.5 Å². The number of alkyl halides is 2. The van der Waals surface area contributed by atoms with Crippen LogP contribution in [0.1, 0.15) is 12.1 Å². The Labute approximate surface area is 142 Å². The highest BCUT2D eigenvalue weighted by Gasteiger charge is 2.18. The second-order valence-corrected chi connectivity index (χ2v) is 5.55. The smallest absolute Gasteiger partial charge is 0.282 e. The van der Waals surface area contributed by atoms with Crippen LogP contribution in [0.2, 0.25) is 0 Å². The quantitative estimate of drug-likeness (QED) is 0.677. The Hall–Kier alpha value is -2.41. The van der Waals surface area contributed by atoms with Gasteiger partial charge in [0.15, 0.2) is 11.6 Å². The van der Waals surface area contributed by atoms with E-state index in [0.717, 1.165) is 4.90 Å². The first kappa shape index (κ1) is 16.4. The van der Waals surface area contributed by atoms with Gasteiger partial charge in [0.2, 0.25) is 0 Å². The highest BCUT2D eigenvalue weighted by Crippen LogP contribution is 2.30. The van der Waals surface area contributed by atoms with Gasteiger partial charge >= 0.3 is 0 Å². The lowest BCUT2D eigenvalue weighted by molar-refractivity contribution is 0.145. The van der Waals surface area contributed by atoms with Crippen LogP contribution in [0.3, 0.4) is 0 Å². The number of rotatable bonds is 4. The van der Waals surface area contributed by atoms with E-state index in [1.807, 2.05) is 0 Å². The Morgan fingerprint density at radius 1 is 1.08 bits per heavy atom. The van der Waals surface area contributed by atoms with Crippen LogP contribution in [0.15, 0.2) is 53.4 Å². The van der Waals surface area contributed by atoms with Crippen LogP contribution < -0.4 is 4.74 Å². The number of ether oxygens (including phenoxy) is 1. The minimum absolute atomic E-state index is 0.0818. The fourth-order valence-corrected chi connectivity index (χ4v) is 2.48. The van der Waals surface area contributed by atoms with Crippen LogP contribution in [0.25, 0.3) is 16.9 Å². The Balaban J connectivity index is 2.15. The first-order valence-corrected chi connectivity index (χ1v) is 7.45. The molecule has 0 amide bonds. The molecule has 2 aromatic carbocycles. The third-order valence-electron chi connectivity index (χ3n) is 3.49. The summed E-state index contributed by atoms with van der Waals surface area (Å²) in [5.41, 5.74) is 0.975. The van der Waals surface area contributed by atoms with Gasteiger partial charge in [-0.2, -0.15) is 5.10 Å². The average molecular weight is 350 g/mol. The summed E-state index contributed by atoms with van der Waals surface area (Å²) in [6.07, 6.45) is -2.72. The lowest BCUT2D eigenvalue weighted by Gasteiger charge is -2.09. The third-order valence-corrected chi connectivity index (χ3v) is 3.79. The SMILES string of the molecule is COc1ccc(-c2cc(C(F)F)nn2-c2ccc(S)cc2)cc1F. The van der Waals surface area contributed by atoms with Gasteiger partial charge < -0.3 is 4.74 Å². The summed E-state index contributed by atoms with van der Waals surface area (Å²) < 4.78 is 46.4. The van der Waals surface area contributed by atoms with Gasteiger partial charge in [-0.15, -0.1) is 12.6 Å². The lowest BCUT2D eigenvalue weighted by atomic mass is 10.1. The van der Waals surface area contributed by atoms with E-state index in [-0.39, 0.29) is 11.4 Å². The normalized spacial score (nSPS) is 11.1. The second-order valence-electron chi connectivity index (χ2n) is 5.03. The van der Waals surface area contributed by atoms with Gasteiger partial charge in [-0.05, 0) is 48.5 Å². The molecule has 0 spiro atoms. The standard InChI is InChI=1S/C17H13F3N2OS/c1-23-16-7-2-10(8-13(16)18)15-9-14(17(19)20)21-22(15)11-3-5-12(24)6-4-11/h2-9,17,24H,1H3. The number of thiol groups is 1. The molecule has 0 saturated heterocycles. The van der Waals surface area contributed by atoms with Crippen molar-refractivity contribution < 1.29 is 17.9 Å². The molecule has 3 nitrogen and oxygen atoms in total. The Bertz CT molecular complexity index is 863. The van der Waals surface area contributed by atoms with E-state index in [2.05, 4.69) is 17.7 Å². The highest BCUT2D eigenvalue weighted by molar-refractivity contribution is 7.80. The molecule has 0 saturated carbocycles. The summed E-state index contributed by atoms with van der Waals surface area (Å²) in [5.74, 6) is -0.495. The van der Waals surface area contributed by atoms with Crippen molar-refractivity contribution in [1.29, 1.82) is 0 Å². The van der Waals surface area contributed by atoms with Gasteiger partial charge in [-0.1, -0.05) is 0 Å². The Morgan fingerprint density at radius 3 is 2.38 bits per heavy atom. The number of aromatic nitrogens is 2. The van der Waals surface area contributed by atoms with Crippen molar-refractivity contribution in [2.24, 2.45) is 0 Å². The van der Waals surface area contributed by atoms with E-state index in [4.69, 9.17) is 4.74 Å². The topological polar surface area (TPSA) is 27.1 Å². The summed E-state index contributed by atoms with van der Waals surface area (Å²) in [6, 6.07) is 12.4. The summed E-state index contributed by atoms with van der Waals surface area (Å²) in [5, 5.41) is 3.95. The van der Waals surface area contributed by atoms with Crippen LogP contribution in [-0.2, 0) is 0 Å². The summed E-state index contributed by atoms with van der Waals surface area (Å²) in [6.45, 7) is 0. The molecule has 3 aromatic rings. The van der Waals surface area contributed by atoms with Gasteiger partial charge in [0, 0.05) is 10.5 Å². The molecule has 24 heavy (non-hydrogen) atoms. The van der Waals surface area contributed by atoms with Crippen LogP contribution in [-0.4, -0.2) is 16.9 Å². The maximum atomic E-state index is 14.0. The zero-order valence-electron chi connectivity index (χ0n) is 12.6. The molecule has 0 fully saturated rings. The maximum absolute atomic E-state index is 14.0. The Kier molecular flexibility index (Phi) is 4.53. The monoisotopic (exact) mass is 350 g/mol.